The summed E-state index contributed by atoms with van der Waals surface area (Å²) >= 11 is 0. The lowest BCUT2D eigenvalue weighted by Gasteiger charge is -2.43. The zero-order chi connectivity index (χ0) is 21.8. The number of likely N-dealkylation sites (N-methyl/N-ethyl adjacent to an activating group) is 1. The molecule has 8 heteroatoms. The smallest absolute Gasteiger partial charge is 0.415 e. The van der Waals surface area contributed by atoms with Gasteiger partial charge in [0, 0.05) is 30.2 Å². The molecule has 3 heterocycles. The van der Waals surface area contributed by atoms with Gasteiger partial charge in [-0.05, 0) is 44.2 Å². The standard InChI is InChI=1S/C23H25N5O3/c1-14-6-5-7-17(15(14)2)26-21-16-8-19(20(30-4)9-18(16)24-13-25-21)28-12-23(31-22(28)29)10-27(3)11-23/h5-9,13H,10-12H2,1-4H3,(H,24,25,26). The highest BCUT2D eigenvalue weighted by molar-refractivity contribution is 6.00. The first-order valence-electron chi connectivity index (χ1n) is 10.2. The molecule has 1 N–H and O–H groups in total. The highest BCUT2D eigenvalue weighted by Gasteiger charge is 2.53. The van der Waals surface area contributed by atoms with E-state index in [0.29, 0.717) is 23.8 Å². The highest BCUT2D eigenvalue weighted by atomic mass is 16.6. The van der Waals surface area contributed by atoms with E-state index in [0.717, 1.165) is 35.2 Å². The average molecular weight is 419 g/mol. The van der Waals surface area contributed by atoms with Crippen LogP contribution in [0.2, 0.25) is 0 Å². The van der Waals surface area contributed by atoms with Gasteiger partial charge in [-0.1, -0.05) is 12.1 Å². The number of ether oxygens (including phenoxy) is 2. The normalized spacial score (nSPS) is 17.7. The van der Waals surface area contributed by atoms with Gasteiger partial charge in [0.05, 0.1) is 24.9 Å². The van der Waals surface area contributed by atoms with Crippen molar-refractivity contribution in [2.24, 2.45) is 0 Å². The van der Waals surface area contributed by atoms with Gasteiger partial charge in [0.1, 0.15) is 17.9 Å². The van der Waals surface area contributed by atoms with Crippen LogP contribution < -0.4 is 15.0 Å². The van der Waals surface area contributed by atoms with E-state index in [4.69, 9.17) is 9.47 Å². The number of carbonyl (C=O) groups excluding carboxylic acids is 1. The zero-order valence-corrected chi connectivity index (χ0v) is 18.1. The van der Waals surface area contributed by atoms with Crippen LogP contribution in [-0.2, 0) is 4.74 Å². The quantitative estimate of drug-likeness (QED) is 0.692. The van der Waals surface area contributed by atoms with Gasteiger partial charge in [-0.15, -0.1) is 0 Å². The molecule has 0 unspecified atom stereocenters. The molecule has 2 aromatic carbocycles. The Bertz CT molecular complexity index is 1190. The molecular formula is C23H25N5O3. The number of aryl methyl sites for hydroxylation is 1. The minimum Gasteiger partial charge on any atom is -0.494 e. The second kappa shape index (κ2) is 7.09. The molecule has 2 aliphatic rings. The first-order valence-corrected chi connectivity index (χ1v) is 10.2. The molecule has 0 radical (unpaired) electrons. The molecule has 1 amide bonds. The van der Waals surface area contributed by atoms with Crippen molar-refractivity contribution in [3.8, 4) is 5.75 Å². The Morgan fingerprint density at radius 3 is 2.71 bits per heavy atom. The molecule has 3 aromatic rings. The number of nitrogens with zero attached hydrogens (tertiary/aromatic N) is 4. The van der Waals surface area contributed by atoms with Crippen molar-refractivity contribution < 1.29 is 14.3 Å². The second-order valence-corrected chi connectivity index (χ2v) is 8.45. The monoisotopic (exact) mass is 419 g/mol. The zero-order valence-electron chi connectivity index (χ0n) is 18.1. The van der Waals surface area contributed by atoms with Crippen LogP contribution in [0.15, 0.2) is 36.7 Å². The van der Waals surface area contributed by atoms with Crippen LogP contribution in [0.5, 0.6) is 5.75 Å². The molecule has 31 heavy (non-hydrogen) atoms. The number of amides is 1. The molecule has 1 aromatic heterocycles. The van der Waals surface area contributed by atoms with Gasteiger partial charge in [-0.3, -0.25) is 9.80 Å². The van der Waals surface area contributed by atoms with E-state index in [1.807, 2.05) is 31.3 Å². The maximum Gasteiger partial charge on any atom is 0.415 e. The van der Waals surface area contributed by atoms with Crippen LogP contribution in [0.1, 0.15) is 11.1 Å². The molecule has 0 saturated carbocycles. The highest BCUT2D eigenvalue weighted by Crippen LogP contribution is 2.41. The first kappa shape index (κ1) is 19.6. The predicted molar refractivity (Wildman–Crippen MR) is 119 cm³/mol. The maximum absolute atomic E-state index is 12.7. The number of hydrogen-bond acceptors (Lipinski definition) is 7. The number of methoxy groups -OCH3 is 1. The molecule has 2 fully saturated rings. The molecule has 2 saturated heterocycles. The van der Waals surface area contributed by atoms with E-state index in [2.05, 4.69) is 40.1 Å². The number of rotatable bonds is 4. The van der Waals surface area contributed by atoms with Gasteiger partial charge in [-0.25, -0.2) is 14.8 Å². The molecule has 5 rings (SSSR count). The van der Waals surface area contributed by atoms with E-state index in [1.165, 1.54) is 11.9 Å². The SMILES string of the molecule is COc1cc2ncnc(Nc3cccc(C)c3C)c2cc1N1CC2(CN(C)C2)OC1=O. The van der Waals surface area contributed by atoms with Crippen LogP contribution in [0.3, 0.4) is 0 Å². The summed E-state index contributed by atoms with van der Waals surface area (Å²) in [5, 5.41) is 4.24. The van der Waals surface area contributed by atoms with Gasteiger partial charge in [-0.2, -0.15) is 0 Å². The fraction of sp³-hybridized carbons (Fsp3) is 0.348. The Morgan fingerprint density at radius 2 is 1.97 bits per heavy atom. The number of carbonyl (C=O) groups is 1. The Balaban J connectivity index is 1.57. The maximum atomic E-state index is 12.7. The Kier molecular flexibility index (Phi) is 4.48. The fourth-order valence-corrected chi connectivity index (χ4v) is 4.47. The van der Waals surface area contributed by atoms with Gasteiger partial charge in [0.2, 0.25) is 0 Å². The van der Waals surface area contributed by atoms with Crippen molar-refractivity contribution in [3.05, 3.63) is 47.8 Å². The van der Waals surface area contributed by atoms with Crippen LogP contribution in [0, 0.1) is 13.8 Å². The molecule has 0 atom stereocenters. The van der Waals surface area contributed by atoms with E-state index in [9.17, 15) is 4.79 Å². The van der Waals surface area contributed by atoms with E-state index < -0.39 is 5.60 Å². The number of likely N-dealkylation sites (tertiary alicyclic amines) is 1. The molecule has 2 aliphatic heterocycles. The largest absolute Gasteiger partial charge is 0.494 e. The molecule has 160 valence electrons. The summed E-state index contributed by atoms with van der Waals surface area (Å²) in [6.45, 7) is 6.10. The minimum absolute atomic E-state index is 0.355. The average Bonchev–Trinajstić information content (AvgIpc) is 3.07. The second-order valence-electron chi connectivity index (χ2n) is 8.45. The topological polar surface area (TPSA) is 79.8 Å². The number of anilines is 3. The van der Waals surface area contributed by atoms with Crippen LogP contribution >= 0.6 is 0 Å². The van der Waals surface area contributed by atoms with E-state index in [1.54, 1.807) is 12.0 Å². The Labute approximate surface area is 180 Å². The lowest BCUT2D eigenvalue weighted by Crippen LogP contribution is -2.62. The Morgan fingerprint density at radius 1 is 1.16 bits per heavy atom. The summed E-state index contributed by atoms with van der Waals surface area (Å²) in [4.78, 5) is 25.4. The lowest BCUT2D eigenvalue weighted by atomic mass is 9.95. The lowest BCUT2D eigenvalue weighted by molar-refractivity contribution is -0.0599. The number of hydrogen-bond donors (Lipinski definition) is 1. The summed E-state index contributed by atoms with van der Waals surface area (Å²) in [6.07, 6.45) is 1.17. The van der Waals surface area contributed by atoms with E-state index in [-0.39, 0.29) is 6.09 Å². The van der Waals surface area contributed by atoms with Crippen LogP contribution in [0.4, 0.5) is 22.0 Å². The summed E-state index contributed by atoms with van der Waals surface area (Å²) < 4.78 is 11.3. The van der Waals surface area contributed by atoms with Gasteiger partial charge < -0.3 is 14.8 Å². The van der Waals surface area contributed by atoms with Gasteiger partial charge in [0.25, 0.3) is 0 Å². The molecule has 8 nitrogen and oxygen atoms in total. The third-order valence-electron chi connectivity index (χ3n) is 6.17. The van der Waals surface area contributed by atoms with Crippen LogP contribution in [0.25, 0.3) is 10.9 Å². The predicted octanol–water partition coefficient (Wildman–Crippen LogP) is 3.64. The third kappa shape index (κ3) is 3.23. The minimum atomic E-state index is -0.446. The van der Waals surface area contributed by atoms with Gasteiger partial charge in [0.15, 0.2) is 5.60 Å². The van der Waals surface area contributed by atoms with E-state index >= 15 is 0 Å². The molecule has 1 spiro atoms. The summed E-state index contributed by atoms with van der Waals surface area (Å²) in [6, 6.07) is 9.86. The number of benzene rings is 2. The van der Waals surface area contributed by atoms with Gasteiger partial charge >= 0.3 is 6.09 Å². The Hall–Kier alpha value is -3.39. The first-order chi connectivity index (χ1) is 14.9. The molecule has 0 bridgehead atoms. The van der Waals surface area contributed by atoms with Crippen molar-refractivity contribution in [3.63, 3.8) is 0 Å². The van der Waals surface area contributed by atoms with Crippen molar-refractivity contribution in [1.29, 1.82) is 0 Å². The van der Waals surface area contributed by atoms with Crippen molar-refractivity contribution in [1.82, 2.24) is 14.9 Å². The van der Waals surface area contributed by atoms with Crippen LogP contribution in [-0.4, -0.2) is 60.4 Å². The van der Waals surface area contributed by atoms with Crippen molar-refractivity contribution in [2.45, 2.75) is 19.4 Å². The number of fused-ring (bicyclic) bond motifs is 1. The van der Waals surface area contributed by atoms with Crippen molar-refractivity contribution in [2.75, 3.05) is 44.0 Å². The fourth-order valence-electron chi connectivity index (χ4n) is 4.47. The molecular weight excluding hydrogens is 394 g/mol. The number of nitrogens with one attached hydrogen (secondary N) is 1. The number of aromatic nitrogens is 2. The molecule has 0 aliphatic carbocycles. The summed E-state index contributed by atoms with van der Waals surface area (Å²) in [7, 11) is 3.61. The summed E-state index contributed by atoms with van der Waals surface area (Å²) in [5.74, 6) is 1.25. The van der Waals surface area contributed by atoms with Crippen molar-refractivity contribution >= 4 is 34.2 Å². The summed E-state index contributed by atoms with van der Waals surface area (Å²) in [5.41, 5.74) is 4.27. The third-order valence-corrected chi connectivity index (χ3v) is 6.17.